The number of aliphatic hydroxyl groups is 6. The molecule has 2 rings (SSSR count). The van der Waals surface area contributed by atoms with E-state index in [0.717, 1.165) is 0 Å². The summed E-state index contributed by atoms with van der Waals surface area (Å²) in [5.41, 5.74) is 0. The van der Waals surface area contributed by atoms with E-state index in [1.807, 2.05) is 0 Å². The van der Waals surface area contributed by atoms with Crippen LogP contribution in [0, 0.1) is 0 Å². The van der Waals surface area contributed by atoms with E-state index in [0.29, 0.717) is 0 Å². The third-order valence-corrected chi connectivity index (χ3v) is 4.66. The topological polar surface area (TPSA) is 178 Å². The summed E-state index contributed by atoms with van der Waals surface area (Å²) in [6.07, 6.45) is -11.7. The summed E-state index contributed by atoms with van der Waals surface area (Å²) in [6, 6.07) is -0.842. The summed E-state index contributed by atoms with van der Waals surface area (Å²) in [4.78, 5) is 11.3. The van der Waals surface area contributed by atoms with Crippen LogP contribution in [0.2, 0.25) is 0 Å². The molecular weight excluding hydrogens is 354 g/mol. The second-order valence-electron chi connectivity index (χ2n) is 6.58. The Hall–Kier alpha value is -0.890. The second kappa shape index (κ2) is 8.87. The van der Waals surface area contributed by atoms with Crippen molar-refractivity contribution in [2.45, 2.75) is 75.0 Å². The molecule has 2 aliphatic rings. The van der Waals surface area contributed by atoms with E-state index in [-0.39, 0.29) is 0 Å². The molecule has 0 aromatic heterocycles. The van der Waals surface area contributed by atoms with Gasteiger partial charge < -0.3 is 50.2 Å². The van der Waals surface area contributed by atoms with Crippen LogP contribution >= 0.6 is 0 Å². The van der Waals surface area contributed by atoms with Crippen molar-refractivity contribution < 1.29 is 49.6 Å². The molecule has 4 unspecified atom stereocenters. The van der Waals surface area contributed by atoms with Crippen LogP contribution in [0.4, 0.5) is 0 Å². The average molecular weight is 381 g/mol. The lowest BCUT2D eigenvalue weighted by Crippen LogP contribution is -2.66. The van der Waals surface area contributed by atoms with E-state index in [9.17, 15) is 35.4 Å². The molecule has 2 saturated heterocycles. The number of hydrogen-bond acceptors (Lipinski definition) is 10. The van der Waals surface area contributed by atoms with Crippen molar-refractivity contribution in [2.75, 3.05) is 13.2 Å². The van der Waals surface area contributed by atoms with Crippen molar-refractivity contribution in [3.8, 4) is 0 Å². The Kier molecular flexibility index (Phi) is 7.30. The van der Waals surface area contributed by atoms with Crippen molar-refractivity contribution in [3.63, 3.8) is 0 Å². The first kappa shape index (κ1) is 21.4. The van der Waals surface area contributed by atoms with Gasteiger partial charge in [-0.3, -0.25) is 4.79 Å². The van der Waals surface area contributed by atoms with Crippen molar-refractivity contribution in [2.24, 2.45) is 0 Å². The van der Waals surface area contributed by atoms with Gasteiger partial charge in [-0.25, -0.2) is 0 Å². The lowest BCUT2D eigenvalue weighted by molar-refractivity contribution is -0.335. The number of ether oxygens (including phenoxy) is 3. The molecule has 2 aliphatic heterocycles. The van der Waals surface area contributed by atoms with Gasteiger partial charge in [-0.1, -0.05) is 0 Å². The summed E-state index contributed by atoms with van der Waals surface area (Å²) in [5, 5.41) is 61.5. The highest BCUT2D eigenvalue weighted by Crippen LogP contribution is 2.29. The van der Waals surface area contributed by atoms with Crippen LogP contribution in [-0.2, 0) is 19.0 Å². The molecule has 1 amide bonds. The maximum Gasteiger partial charge on any atom is 0.217 e. The van der Waals surface area contributed by atoms with E-state index < -0.39 is 80.3 Å². The number of hydrogen-bond donors (Lipinski definition) is 7. The Bertz CT molecular complexity index is 477. The summed E-state index contributed by atoms with van der Waals surface area (Å²) in [5.74, 6) is -0.404. The van der Waals surface area contributed by atoms with Gasteiger partial charge >= 0.3 is 0 Å². The van der Waals surface area contributed by atoms with Crippen LogP contribution < -0.4 is 5.32 Å². The van der Waals surface area contributed by atoms with Crippen LogP contribution in [0.1, 0.15) is 13.8 Å². The number of rotatable bonds is 5. The van der Waals surface area contributed by atoms with Crippen molar-refractivity contribution >= 4 is 5.91 Å². The summed E-state index contributed by atoms with van der Waals surface area (Å²) >= 11 is 0. The fraction of sp³-hybridized carbons (Fsp3) is 0.933. The lowest BCUT2D eigenvalue weighted by Gasteiger charge is -2.46. The third-order valence-electron chi connectivity index (χ3n) is 4.66. The fourth-order valence-electron chi connectivity index (χ4n) is 3.23. The molecule has 2 heterocycles. The predicted molar refractivity (Wildman–Crippen MR) is 83.7 cm³/mol. The molecule has 26 heavy (non-hydrogen) atoms. The third kappa shape index (κ3) is 4.32. The molecule has 0 saturated carbocycles. The Morgan fingerprint density at radius 2 is 1.58 bits per heavy atom. The first-order valence-electron chi connectivity index (χ1n) is 8.38. The smallest absolute Gasteiger partial charge is 0.217 e. The van der Waals surface area contributed by atoms with E-state index in [1.54, 1.807) is 6.92 Å². The number of amides is 1. The molecule has 0 spiro atoms. The van der Waals surface area contributed by atoms with Gasteiger partial charge in [-0.05, 0) is 6.92 Å². The zero-order chi connectivity index (χ0) is 19.6. The van der Waals surface area contributed by atoms with Gasteiger partial charge in [0.25, 0.3) is 0 Å². The van der Waals surface area contributed by atoms with Gasteiger partial charge in [-0.2, -0.15) is 0 Å². The highest BCUT2D eigenvalue weighted by molar-refractivity contribution is 5.73. The van der Waals surface area contributed by atoms with Crippen LogP contribution in [-0.4, -0.2) is 111 Å². The maximum atomic E-state index is 11.3. The molecule has 0 aromatic rings. The highest BCUT2D eigenvalue weighted by Gasteiger charge is 2.50. The molecule has 0 bridgehead atoms. The molecule has 11 heteroatoms. The summed E-state index contributed by atoms with van der Waals surface area (Å²) in [6.45, 7) is 1.72. The minimum Gasteiger partial charge on any atom is -0.394 e. The standard InChI is InChI=1S/C15H27NO10/c1-5-9(16-6(2)19)11(21)14(8(4-18)24-5)26-15-13(23)12(22)10(20)7(3-17)25-15/h5,7-15,17-18,20-23H,3-4H2,1-2H3,(H,16,19)/t5-,7?,8?,9?,10-,11+,12-,13?,14+,15-/m0/s1. The quantitative estimate of drug-likeness (QED) is 0.247. The Balaban J connectivity index is 2.16. The van der Waals surface area contributed by atoms with E-state index in [4.69, 9.17) is 14.2 Å². The number of aliphatic hydroxyl groups excluding tert-OH is 6. The number of carbonyl (C=O) groups excluding carboxylic acids is 1. The normalized spacial score (nSPS) is 46.8. The van der Waals surface area contributed by atoms with E-state index in [1.165, 1.54) is 6.92 Å². The van der Waals surface area contributed by atoms with Gasteiger partial charge in [0.05, 0.1) is 25.4 Å². The van der Waals surface area contributed by atoms with Crippen LogP contribution in [0.3, 0.4) is 0 Å². The summed E-state index contributed by atoms with van der Waals surface area (Å²) < 4.78 is 16.3. The minimum atomic E-state index is -1.67. The lowest BCUT2D eigenvalue weighted by atomic mass is 9.92. The molecule has 0 radical (unpaired) electrons. The van der Waals surface area contributed by atoms with Gasteiger partial charge in [0.2, 0.25) is 5.91 Å². The molecule has 0 aromatic carbocycles. The maximum absolute atomic E-state index is 11.3. The Morgan fingerprint density at radius 1 is 0.962 bits per heavy atom. The first-order valence-corrected chi connectivity index (χ1v) is 8.38. The van der Waals surface area contributed by atoms with Crippen LogP contribution in [0.5, 0.6) is 0 Å². The van der Waals surface area contributed by atoms with Crippen molar-refractivity contribution in [1.29, 1.82) is 0 Å². The van der Waals surface area contributed by atoms with Crippen LogP contribution in [0.15, 0.2) is 0 Å². The molecule has 7 N–H and O–H groups in total. The largest absolute Gasteiger partial charge is 0.394 e. The molecule has 2 fully saturated rings. The average Bonchev–Trinajstić information content (AvgIpc) is 2.60. The molecular formula is C15H27NO10. The van der Waals surface area contributed by atoms with E-state index >= 15 is 0 Å². The minimum absolute atomic E-state index is 0.404. The molecule has 10 atom stereocenters. The van der Waals surface area contributed by atoms with Gasteiger partial charge in [-0.15, -0.1) is 0 Å². The Labute approximate surface area is 150 Å². The monoisotopic (exact) mass is 381 g/mol. The molecule has 11 nitrogen and oxygen atoms in total. The first-order chi connectivity index (χ1) is 12.2. The van der Waals surface area contributed by atoms with Crippen molar-refractivity contribution in [1.82, 2.24) is 5.32 Å². The molecule has 0 aliphatic carbocycles. The predicted octanol–water partition coefficient (Wildman–Crippen LogP) is -4.18. The number of nitrogens with one attached hydrogen (secondary N) is 1. The van der Waals surface area contributed by atoms with Gasteiger partial charge in [0, 0.05) is 6.92 Å². The fourth-order valence-corrected chi connectivity index (χ4v) is 3.23. The Morgan fingerprint density at radius 3 is 2.12 bits per heavy atom. The zero-order valence-electron chi connectivity index (χ0n) is 14.5. The molecule has 152 valence electrons. The van der Waals surface area contributed by atoms with Crippen molar-refractivity contribution in [3.05, 3.63) is 0 Å². The number of carbonyl (C=O) groups is 1. The second-order valence-corrected chi connectivity index (χ2v) is 6.58. The zero-order valence-corrected chi connectivity index (χ0v) is 14.5. The highest BCUT2D eigenvalue weighted by atomic mass is 16.7. The SMILES string of the molecule is CC(=O)NC1[C@H](C)OC(CO)[C@@H](O[C@@H]2OC(CO)[C@H](O)[C@H](O)C2O)[C@@H]1O. The van der Waals surface area contributed by atoms with Crippen LogP contribution in [0.25, 0.3) is 0 Å². The van der Waals surface area contributed by atoms with Gasteiger partial charge in [0.15, 0.2) is 6.29 Å². The van der Waals surface area contributed by atoms with E-state index in [2.05, 4.69) is 5.32 Å². The van der Waals surface area contributed by atoms with Gasteiger partial charge in [0.1, 0.15) is 42.7 Å². The summed E-state index contributed by atoms with van der Waals surface area (Å²) in [7, 11) is 0.